The molecule has 0 saturated carbocycles. The van der Waals surface area contributed by atoms with Crippen molar-refractivity contribution in [1.82, 2.24) is 4.98 Å². The second-order valence-corrected chi connectivity index (χ2v) is 4.24. The van der Waals surface area contributed by atoms with Crippen LogP contribution in [-0.2, 0) is 5.41 Å². The maximum atomic E-state index is 5.14. The molecule has 0 spiro atoms. The average Bonchev–Trinajstić information content (AvgIpc) is 2.14. The van der Waals surface area contributed by atoms with Gasteiger partial charge in [0.1, 0.15) is 5.82 Å². The maximum absolute atomic E-state index is 5.14. The molecule has 1 rings (SSSR count). The highest BCUT2D eigenvalue weighted by Gasteiger charge is 2.13. The summed E-state index contributed by atoms with van der Waals surface area (Å²) in [7, 11) is 0. The van der Waals surface area contributed by atoms with Gasteiger partial charge in [0.05, 0.1) is 6.54 Å². The van der Waals surface area contributed by atoms with Gasteiger partial charge in [0.2, 0.25) is 0 Å². The van der Waals surface area contributed by atoms with Gasteiger partial charge >= 0.3 is 0 Å². The number of nitrogens with zero attached hydrogens (tertiary/aromatic N) is 1. The number of nitrogens with one attached hydrogen (secondary N) is 1. The number of hydrogen-bond donors (Lipinski definition) is 1. The lowest BCUT2D eigenvalue weighted by Gasteiger charge is -2.18. The molecule has 1 heterocycles. The first kappa shape index (κ1) is 10.6. The lowest BCUT2D eigenvalue weighted by atomic mass is 9.88. The SMILES string of the molecule is C#CCNc1ccc(C(C)(C)C)cn1. The molecule has 0 aliphatic rings. The summed E-state index contributed by atoms with van der Waals surface area (Å²) >= 11 is 0. The number of pyridine rings is 1. The fraction of sp³-hybridized carbons (Fsp3) is 0.417. The number of terminal acetylenes is 1. The highest BCUT2D eigenvalue weighted by atomic mass is 15.0. The second-order valence-electron chi connectivity index (χ2n) is 4.24. The van der Waals surface area contributed by atoms with Gasteiger partial charge in [0.25, 0.3) is 0 Å². The van der Waals surface area contributed by atoms with Crippen LogP contribution in [0.3, 0.4) is 0 Å². The van der Waals surface area contributed by atoms with E-state index in [0.717, 1.165) is 5.82 Å². The van der Waals surface area contributed by atoms with E-state index in [1.807, 2.05) is 12.3 Å². The van der Waals surface area contributed by atoms with E-state index in [2.05, 4.69) is 43.1 Å². The number of aromatic nitrogens is 1. The van der Waals surface area contributed by atoms with E-state index >= 15 is 0 Å². The summed E-state index contributed by atoms with van der Waals surface area (Å²) in [5.41, 5.74) is 1.38. The van der Waals surface area contributed by atoms with Crippen molar-refractivity contribution in [2.45, 2.75) is 26.2 Å². The van der Waals surface area contributed by atoms with Crippen LogP contribution in [0, 0.1) is 12.3 Å². The summed E-state index contributed by atoms with van der Waals surface area (Å²) in [6.07, 6.45) is 7.02. The van der Waals surface area contributed by atoms with E-state index in [-0.39, 0.29) is 5.41 Å². The first-order chi connectivity index (χ1) is 6.54. The summed E-state index contributed by atoms with van der Waals surface area (Å²) in [6, 6.07) is 4.03. The zero-order chi connectivity index (χ0) is 10.6. The van der Waals surface area contributed by atoms with Gasteiger partial charge in [-0.05, 0) is 17.0 Å². The Hall–Kier alpha value is -1.49. The van der Waals surface area contributed by atoms with E-state index in [0.29, 0.717) is 6.54 Å². The first-order valence-corrected chi connectivity index (χ1v) is 4.68. The van der Waals surface area contributed by atoms with E-state index in [9.17, 15) is 0 Å². The standard InChI is InChI=1S/C12H16N2/c1-5-8-13-11-7-6-10(9-14-11)12(2,3)4/h1,6-7,9H,8H2,2-4H3,(H,13,14). The first-order valence-electron chi connectivity index (χ1n) is 4.68. The van der Waals surface area contributed by atoms with Crippen molar-refractivity contribution in [3.05, 3.63) is 23.9 Å². The summed E-state index contributed by atoms with van der Waals surface area (Å²) in [4.78, 5) is 4.28. The quantitative estimate of drug-likeness (QED) is 0.721. The zero-order valence-corrected chi connectivity index (χ0v) is 8.96. The minimum Gasteiger partial charge on any atom is -0.359 e. The molecule has 0 fully saturated rings. The molecule has 14 heavy (non-hydrogen) atoms. The lowest BCUT2D eigenvalue weighted by molar-refractivity contribution is 0.587. The van der Waals surface area contributed by atoms with Crippen molar-refractivity contribution in [2.24, 2.45) is 0 Å². The van der Waals surface area contributed by atoms with Crippen molar-refractivity contribution < 1.29 is 0 Å². The molecule has 1 aromatic heterocycles. The molecule has 0 aromatic carbocycles. The fourth-order valence-corrected chi connectivity index (χ4v) is 1.08. The Bertz CT molecular complexity index is 325. The minimum absolute atomic E-state index is 0.150. The molecule has 74 valence electrons. The second kappa shape index (κ2) is 4.15. The van der Waals surface area contributed by atoms with E-state index in [1.54, 1.807) is 0 Å². The van der Waals surface area contributed by atoms with Crippen molar-refractivity contribution in [3.63, 3.8) is 0 Å². The van der Waals surface area contributed by atoms with Gasteiger partial charge in [-0.2, -0.15) is 0 Å². The predicted molar refractivity (Wildman–Crippen MR) is 60.3 cm³/mol. The smallest absolute Gasteiger partial charge is 0.126 e. The van der Waals surface area contributed by atoms with Gasteiger partial charge in [-0.1, -0.05) is 32.8 Å². The highest BCUT2D eigenvalue weighted by Crippen LogP contribution is 2.21. The van der Waals surface area contributed by atoms with Gasteiger partial charge in [-0.3, -0.25) is 0 Å². The van der Waals surface area contributed by atoms with Crippen LogP contribution in [0.1, 0.15) is 26.3 Å². The number of anilines is 1. The predicted octanol–water partition coefficient (Wildman–Crippen LogP) is 2.42. The Morgan fingerprint density at radius 2 is 2.14 bits per heavy atom. The van der Waals surface area contributed by atoms with Gasteiger partial charge in [0.15, 0.2) is 0 Å². The van der Waals surface area contributed by atoms with Crippen LogP contribution in [-0.4, -0.2) is 11.5 Å². The number of hydrogen-bond acceptors (Lipinski definition) is 2. The molecule has 0 atom stereocenters. The molecular formula is C12H16N2. The Kier molecular flexibility index (Phi) is 3.14. The zero-order valence-electron chi connectivity index (χ0n) is 8.96. The average molecular weight is 188 g/mol. The van der Waals surface area contributed by atoms with Crippen molar-refractivity contribution in [2.75, 3.05) is 11.9 Å². The topological polar surface area (TPSA) is 24.9 Å². The Balaban J connectivity index is 2.75. The van der Waals surface area contributed by atoms with Crippen LogP contribution in [0.25, 0.3) is 0 Å². The molecule has 0 bridgehead atoms. The van der Waals surface area contributed by atoms with Crippen molar-refractivity contribution in [1.29, 1.82) is 0 Å². The van der Waals surface area contributed by atoms with Gasteiger partial charge in [-0.15, -0.1) is 6.42 Å². The van der Waals surface area contributed by atoms with E-state index in [1.165, 1.54) is 5.56 Å². The molecule has 0 radical (unpaired) electrons. The third kappa shape index (κ3) is 2.77. The molecule has 0 aliphatic heterocycles. The lowest BCUT2D eigenvalue weighted by Crippen LogP contribution is -2.11. The van der Waals surface area contributed by atoms with Crippen LogP contribution in [0.15, 0.2) is 18.3 Å². The molecule has 2 nitrogen and oxygen atoms in total. The van der Waals surface area contributed by atoms with Gasteiger partial charge in [0, 0.05) is 6.20 Å². The van der Waals surface area contributed by atoms with Gasteiger partial charge < -0.3 is 5.32 Å². The number of rotatable bonds is 2. The molecule has 1 aromatic rings. The Morgan fingerprint density at radius 3 is 2.57 bits per heavy atom. The summed E-state index contributed by atoms with van der Waals surface area (Å²) in [6.45, 7) is 7.01. The van der Waals surface area contributed by atoms with E-state index in [4.69, 9.17) is 6.42 Å². The van der Waals surface area contributed by atoms with Crippen LogP contribution in [0.5, 0.6) is 0 Å². The molecular weight excluding hydrogens is 172 g/mol. The fourth-order valence-electron chi connectivity index (χ4n) is 1.08. The van der Waals surface area contributed by atoms with E-state index < -0.39 is 0 Å². The minimum atomic E-state index is 0.150. The summed E-state index contributed by atoms with van der Waals surface area (Å²) in [5, 5.41) is 3.03. The van der Waals surface area contributed by atoms with Gasteiger partial charge in [-0.25, -0.2) is 4.98 Å². The largest absolute Gasteiger partial charge is 0.359 e. The van der Waals surface area contributed by atoms with Crippen LogP contribution in [0.2, 0.25) is 0 Å². The third-order valence-corrected chi connectivity index (χ3v) is 2.00. The summed E-state index contributed by atoms with van der Waals surface area (Å²) in [5.74, 6) is 3.34. The molecule has 2 heteroatoms. The Morgan fingerprint density at radius 1 is 1.43 bits per heavy atom. The molecule has 0 saturated heterocycles. The monoisotopic (exact) mass is 188 g/mol. The molecule has 1 N–H and O–H groups in total. The van der Waals surface area contributed by atoms with Crippen molar-refractivity contribution >= 4 is 5.82 Å². The van der Waals surface area contributed by atoms with Crippen LogP contribution in [0.4, 0.5) is 5.82 Å². The third-order valence-electron chi connectivity index (χ3n) is 2.00. The van der Waals surface area contributed by atoms with Crippen LogP contribution < -0.4 is 5.32 Å². The molecule has 0 amide bonds. The normalized spacial score (nSPS) is 10.7. The molecule has 0 aliphatic carbocycles. The highest BCUT2D eigenvalue weighted by molar-refractivity contribution is 5.38. The molecule has 0 unspecified atom stereocenters. The summed E-state index contributed by atoms with van der Waals surface area (Å²) < 4.78 is 0. The van der Waals surface area contributed by atoms with Crippen LogP contribution >= 0.6 is 0 Å². The van der Waals surface area contributed by atoms with Crippen molar-refractivity contribution in [3.8, 4) is 12.3 Å². The Labute approximate surface area is 85.8 Å². The maximum Gasteiger partial charge on any atom is 0.126 e.